The molecule has 0 spiro atoms. The fraction of sp³-hybridized carbons (Fsp3) is 0.680. The van der Waals surface area contributed by atoms with E-state index in [1.165, 1.54) is 19.3 Å². The minimum absolute atomic E-state index is 0.00176. The van der Waals surface area contributed by atoms with Gasteiger partial charge in [-0.2, -0.15) is 0 Å². The van der Waals surface area contributed by atoms with E-state index in [1.54, 1.807) is 9.80 Å². The largest absolute Gasteiger partial charge is 0.491 e. The lowest BCUT2D eigenvalue weighted by molar-refractivity contribution is -0.146. The van der Waals surface area contributed by atoms with Gasteiger partial charge in [0.15, 0.2) is 0 Å². The average molecular weight is 431 g/mol. The van der Waals surface area contributed by atoms with Crippen LogP contribution in [0.15, 0.2) is 30.3 Å². The van der Waals surface area contributed by atoms with E-state index >= 15 is 0 Å². The average Bonchev–Trinajstić information content (AvgIpc) is 3.47. The molecule has 31 heavy (non-hydrogen) atoms. The Labute approximate surface area is 186 Å². The molecule has 6 heteroatoms. The van der Waals surface area contributed by atoms with Crippen LogP contribution in [-0.2, 0) is 9.59 Å². The first kappa shape index (κ1) is 23.6. The van der Waals surface area contributed by atoms with Crippen LogP contribution in [0.2, 0.25) is 0 Å². The van der Waals surface area contributed by atoms with Crippen molar-refractivity contribution in [3.8, 4) is 5.75 Å². The summed E-state index contributed by atoms with van der Waals surface area (Å²) in [6.07, 6.45) is 8.58. The molecule has 3 atom stereocenters. The van der Waals surface area contributed by atoms with E-state index in [2.05, 4.69) is 6.92 Å². The third-order valence-electron chi connectivity index (χ3n) is 6.54. The Morgan fingerprint density at radius 1 is 1.03 bits per heavy atom. The SMILES string of the molecule is CCCCCCCC(=O)N1CCC[C@@H]1C(=O)N1CCC[C@H]1C(O)COc1ccccc1. The molecule has 0 aromatic heterocycles. The molecular formula is C25H38N2O4. The van der Waals surface area contributed by atoms with E-state index in [-0.39, 0.29) is 30.5 Å². The summed E-state index contributed by atoms with van der Waals surface area (Å²) in [4.78, 5) is 29.7. The van der Waals surface area contributed by atoms with E-state index in [9.17, 15) is 14.7 Å². The highest BCUT2D eigenvalue weighted by Crippen LogP contribution is 2.27. The maximum Gasteiger partial charge on any atom is 0.245 e. The standard InChI is InChI=1S/C25H38N2O4/c1-2-3-4-5-9-16-24(29)26-17-11-15-22(26)25(30)27-18-10-14-21(27)23(28)19-31-20-12-7-6-8-13-20/h6-8,12-13,21-23,28H,2-5,9-11,14-19H2,1H3/t21-,22+,23?/m0/s1. The summed E-state index contributed by atoms with van der Waals surface area (Å²) >= 11 is 0. The van der Waals surface area contributed by atoms with Crippen LogP contribution in [0, 0.1) is 0 Å². The van der Waals surface area contributed by atoms with Crippen LogP contribution in [0.1, 0.15) is 71.1 Å². The molecule has 2 saturated heterocycles. The molecule has 0 aliphatic carbocycles. The van der Waals surface area contributed by atoms with Crippen molar-refractivity contribution in [1.29, 1.82) is 0 Å². The molecule has 1 aromatic rings. The first-order valence-electron chi connectivity index (χ1n) is 12.1. The Morgan fingerprint density at radius 3 is 2.52 bits per heavy atom. The number of para-hydroxylation sites is 1. The van der Waals surface area contributed by atoms with Gasteiger partial charge in [-0.1, -0.05) is 50.8 Å². The van der Waals surface area contributed by atoms with Gasteiger partial charge in [0.1, 0.15) is 24.5 Å². The normalized spacial score (nSPS) is 22.0. The number of aliphatic hydroxyl groups excluding tert-OH is 1. The number of ether oxygens (including phenoxy) is 1. The van der Waals surface area contributed by atoms with Gasteiger partial charge in [0.05, 0.1) is 6.04 Å². The number of unbranched alkanes of at least 4 members (excludes halogenated alkanes) is 4. The molecule has 172 valence electrons. The molecule has 2 aliphatic heterocycles. The number of amides is 2. The first-order valence-corrected chi connectivity index (χ1v) is 12.1. The Hall–Kier alpha value is -2.08. The van der Waals surface area contributed by atoms with Gasteiger partial charge in [0, 0.05) is 19.5 Å². The summed E-state index contributed by atoms with van der Waals surface area (Å²) in [5, 5.41) is 10.7. The molecule has 1 N–H and O–H groups in total. The Bertz CT molecular complexity index is 696. The molecule has 0 bridgehead atoms. The Balaban J connectivity index is 1.52. The summed E-state index contributed by atoms with van der Waals surface area (Å²) in [6, 6.07) is 8.79. The second-order valence-corrected chi connectivity index (χ2v) is 8.84. The molecule has 2 heterocycles. The van der Waals surface area contributed by atoms with Crippen LogP contribution in [0.5, 0.6) is 5.75 Å². The highest BCUT2D eigenvalue weighted by atomic mass is 16.5. The lowest BCUT2D eigenvalue weighted by Gasteiger charge is -2.33. The van der Waals surface area contributed by atoms with Crippen LogP contribution >= 0.6 is 0 Å². The van der Waals surface area contributed by atoms with Gasteiger partial charge in [0.2, 0.25) is 11.8 Å². The molecular weight excluding hydrogens is 392 g/mol. The maximum absolute atomic E-state index is 13.3. The molecule has 2 fully saturated rings. The fourth-order valence-corrected chi connectivity index (χ4v) is 4.81. The van der Waals surface area contributed by atoms with Crippen LogP contribution in [0.4, 0.5) is 0 Å². The van der Waals surface area contributed by atoms with Crippen molar-refractivity contribution in [3.63, 3.8) is 0 Å². The van der Waals surface area contributed by atoms with Gasteiger partial charge in [-0.05, 0) is 44.2 Å². The van der Waals surface area contributed by atoms with Crippen molar-refractivity contribution in [2.75, 3.05) is 19.7 Å². The van der Waals surface area contributed by atoms with Gasteiger partial charge in [-0.15, -0.1) is 0 Å². The lowest BCUT2D eigenvalue weighted by atomic mass is 10.1. The summed E-state index contributed by atoms with van der Waals surface area (Å²) in [5.41, 5.74) is 0. The second-order valence-electron chi connectivity index (χ2n) is 8.84. The van der Waals surface area contributed by atoms with Crippen molar-refractivity contribution in [2.45, 2.75) is 89.3 Å². The molecule has 0 radical (unpaired) electrons. The van der Waals surface area contributed by atoms with Crippen LogP contribution in [-0.4, -0.2) is 64.6 Å². The third-order valence-corrected chi connectivity index (χ3v) is 6.54. The number of hydrogen-bond donors (Lipinski definition) is 1. The van der Waals surface area contributed by atoms with Crippen molar-refractivity contribution < 1.29 is 19.4 Å². The van der Waals surface area contributed by atoms with Gasteiger partial charge in [0.25, 0.3) is 0 Å². The number of carbonyl (C=O) groups excluding carboxylic acids is 2. The maximum atomic E-state index is 13.3. The van der Waals surface area contributed by atoms with Gasteiger partial charge in [-0.25, -0.2) is 0 Å². The second kappa shape index (κ2) is 12.1. The van der Waals surface area contributed by atoms with Crippen molar-refractivity contribution in [3.05, 3.63) is 30.3 Å². The fourth-order valence-electron chi connectivity index (χ4n) is 4.81. The predicted octanol–water partition coefficient (Wildman–Crippen LogP) is 3.77. The van der Waals surface area contributed by atoms with Gasteiger partial charge < -0.3 is 19.6 Å². The predicted molar refractivity (Wildman–Crippen MR) is 121 cm³/mol. The molecule has 1 unspecified atom stereocenters. The number of carbonyl (C=O) groups is 2. The molecule has 0 saturated carbocycles. The van der Waals surface area contributed by atoms with Gasteiger partial charge >= 0.3 is 0 Å². The summed E-state index contributed by atoms with van der Waals surface area (Å²) in [7, 11) is 0. The molecule has 2 aliphatic rings. The molecule has 2 amide bonds. The van der Waals surface area contributed by atoms with E-state index in [4.69, 9.17) is 4.74 Å². The molecule has 1 aromatic carbocycles. The number of aliphatic hydroxyl groups is 1. The minimum atomic E-state index is -0.740. The van der Waals surface area contributed by atoms with E-state index in [0.717, 1.165) is 38.5 Å². The van der Waals surface area contributed by atoms with Crippen LogP contribution < -0.4 is 4.74 Å². The zero-order valence-electron chi connectivity index (χ0n) is 18.9. The van der Waals surface area contributed by atoms with E-state index in [1.807, 2.05) is 30.3 Å². The van der Waals surface area contributed by atoms with Crippen molar-refractivity contribution in [1.82, 2.24) is 9.80 Å². The monoisotopic (exact) mass is 430 g/mol. The zero-order chi connectivity index (χ0) is 22.1. The third kappa shape index (κ3) is 6.45. The van der Waals surface area contributed by atoms with Crippen molar-refractivity contribution in [2.24, 2.45) is 0 Å². The van der Waals surface area contributed by atoms with E-state index in [0.29, 0.717) is 25.3 Å². The van der Waals surface area contributed by atoms with Gasteiger partial charge in [-0.3, -0.25) is 9.59 Å². The first-order chi connectivity index (χ1) is 15.1. The van der Waals surface area contributed by atoms with E-state index < -0.39 is 6.10 Å². The zero-order valence-corrected chi connectivity index (χ0v) is 18.9. The van der Waals surface area contributed by atoms with Crippen LogP contribution in [0.25, 0.3) is 0 Å². The summed E-state index contributed by atoms with van der Waals surface area (Å²) in [6.45, 7) is 3.65. The number of hydrogen-bond acceptors (Lipinski definition) is 4. The number of likely N-dealkylation sites (tertiary alicyclic amines) is 2. The minimum Gasteiger partial charge on any atom is -0.491 e. The quantitative estimate of drug-likeness (QED) is 0.543. The summed E-state index contributed by atoms with van der Waals surface area (Å²) < 4.78 is 5.71. The topological polar surface area (TPSA) is 70.1 Å². The molecule has 3 rings (SSSR count). The Morgan fingerprint density at radius 2 is 1.74 bits per heavy atom. The number of rotatable bonds is 11. The highest BCUT2D eigenvalue weighted by molar-refractivity contribution is 5.88. The summed E-state index contributed by atoms with van der Waals surface area (Å²) in [5.74, 6) is 0.818. The number of nitrogens with zero attached hydrogens (tertiary/aromatic N) is 2. The molecule has 6 nitrogen and oxygen atoms in total. The van der Waals surface area contributed by atoms with Crippen LogP contribution in [0.3, 0.4) is 0 Å². The Kier molecular flexibility index (Phi) is 9.19. The van der Waals surface area contributed by atoms with Crippen molar-refractivity contribution >= 4 is 11.8 Å². The smallest absolute Gasteiger partial charge is 0.245 e. The number of benzene rings is 1. The highest BCUT2D eigenvalue weighted by Gasteiger charge is 2.41. The lowest BCUT2D eigenvalue weighted by Crippen LogP contribution is -2.52.